The highest BCUT2D eigenvalue weighted by Crippen LogP contribution is 2.32. The van der Waals surface area contributed by atoms with Gasteiger partial charge >= 0.3 is 0 Å². The van der Waals surface area contributed by atoms with E-state index < -0.39 is 0 Å². The Labute approximate surface area is 124 Å². The normalized spacial score (nSPS) is 21.7. The molecule has 0 spiro atoms. The van der Waals surface area contributed by atoms with E-state index in [1.165, 1.54) is 14.2 Å². The lowest BCUT2D eigenvalue weighted by Gasteiger charge is -2.28. The van der Waals surface area contributed by atoms with Gasteiger partial charge in [0.15, 0.2) is 11.5 Å². The van der Waals surface area contributed by atoms with Crippen molar-refractivity contribution in [1.29, 1.82) is 0 Å². The molecule has 1 aliphatic heterocycles. The second-order valence-electron chi connectivity index (χ2n) is 5.17. The molecule has 1 fully saturated rings. The van der Waals surface area contributed by atoms with Crippen LogP contribution in [0.25, 0.3) is 0 Å². The molecule has 2 unspecified atom stereocenters. The Kier molecular flexibility index (Phi) is 4.90. The molecule has 1 aromatic carbocycles. The van der Waals surface area contributed by atoms with Gasteiger partial charge in [0.25, 0.3) is 5.91 Å². The Morgan fingerprint density at radius 1 is 1.33 bits per heavy atom. The van der Waals surface area contributed by atoms with Crippen LogP contribution < -0.4 is 20.5 Å². The summed E-state index contributed by atoms with van der Waals surface area (Å²) < 4.78 is 15.8. The summed E-state index contributed by atoms with van der Waals surface area (Å²) in [5, 5.41) is 3.00. The number of carbonyl (C=O) groups is 1. The Hall–Kier alpha value is -1.95. The number of hydrogen-bond donors (Lipinski definition) is 2. The van der Waals surface area contributed by atoms with Gasteiger partial charge in [0.1, 0.15) is 0 Å². The molecule has 0 aromatic heterocycles. The third-order valence-electron chi connectivity index (χ3n) is 3.62. The molecule has 1 amide bonds. The average molecular weight is 294 g/mol. The summed E-state index contributed by atoms with van der Waals surface area (Å²) in [7, 11) is 3.05. The monoisotopic (exact) mass is 294 g/mol. The van der Waals surface area contributed by atoms with E-state index in [1.807, 2.05) is 6.92 Å². The van der Waals surface area contributed by atoms with Gasteiger partial charge in [0.05, 0.1) is 25.9 Å². The minimum atomic E-state index is -0.201. The zero-order valence-corrected chi connectivity index (χ0v) is 12.6. The van der Waals surface area contributed by atoms with Crippen LogP contribution in [-0.2, 0) is 4.74 Å². The Morgan fingerprint density at radius 3 is 2.62 bits per heavy atom. The highest BCUT2D eigenvalue weighted by Gasteiger charge is 2.23. The number of methoxy groups -OCH3 is 2. The average Bonchev–Trinajstić information content (AvgIpc) is 2.46. The highest BCUT2D eigenvalue weighted by atomic mass is 16.5. The number of nitrogen functional groups attached to an aromatic ring is 1. The smallest absolute Gasteiger partial charge is 0.253 e. The minimum absolute atomic E-state index is 0.105. The molecule has 6 nitrogen and oxygen atoms in total. The summed E-state index contributed by atoms with van der Waals surface area (Å²) in [6.07, 6.45) is 1.77. The highest BCUT2D eigenvalue weighted by molar-refractivity contribution is 6.00. The first-order chi connectivity index (χ1) is 10.0. The molecule has 2 rings (SSSR count). The van der Waals surface area contributed by atoms with Crippen molar-refractivity contribution < 1.29 is 19.0 Å². The SMILES string of the molecule is COc1cc(N)c(C(=O)NC2CCOC(C)C2)cc1OC. The van der Waals surface area contributed by atoms with Crippen molar-refractivity contribution >= 4 is 11.6 Å². The quantitative estimate of drug-likeness (QED) is 0.824. The van der Waals surface area contributed by atoms with Crippen LogP contribution in [-0.4, -0.2) is 38.9 Å². The molecule has 116 valence electrons. The fourth-order valence-electron chi connectivity index (χ4n) is 2.48. The number of hydrogen-bond acceptors (Lipinski definition) is 5. The molecule has 21 heavy (non-hydrogen) atoms. The largest absolute Gasteiger partial charge is 0.493 e. The number of nitrogens with two attached hydrogens (primary N) is 1. The fourth-order valence-corrected chi connectivity index (χ4v) is 2.48. The van der Waals surface area contributed by atoms with E-state index in [2.05, 4.69) is 5.32 Å². The lowest BCUT2D eigenvalue weighted by Crippen LogP contribution is -2.41. The van der Waals surface area contributed by atoms with Gasteiger partial charge in [-0.05, 0) is 25.8 Å². The standard InChI is InChI=1S/C15H22N2O4/c1-9-6-10(4-5-21-9)17-15(18)11-7-13(19-2)14(20-3)8-12(11)16/h7-10H,4-6,16H2,1-3H3,(H,17,18). The maximum absolute atomic E-state index is 12.4. The number of anilines is 1. The van der Waals surface area contributed by atoms with Crippen LogP contribution in [0.4, 0.5) is 5.69 Å². The Balaban J connectivity index is 2.15. The fraction of sp³-hybridized carbons (Fsp3) is 0.533. The van der Waals surface area contributed by atoms with Crippen LogP contribution in [0.1, 0.15) is 30.1 Å². The van der Waals surface area contributed by atoms with Gasteiger partial charge in [0, 0.05) is 24.4 Å². The molecule has 0 radical (unpaired) electrons. The van der Waals surface area contributed by atoms with Gasteiger partial charge in [-0.25, -0.2) is 0 Å². The van der Waals surface area contributed by atoms with Crippen LogP contribution in [0.5, 0.6) is 11.5 Å². The van der Waals surface area contributed by atoms with E-state index in [4.69, 9.17) is 19.9 Å². The number of nitrogens with one attached hydrogen (secondary N) is 1. The van der Waals surface area contributed by atoms with Gasteiger partial charge in [-0.1, -0.05) is 0 Å². The molecule has 1 saturated heterocycles. The first-order valence-electron chi connectivity index (χ1n) is 6.99. The number of carbonyl (C=O) groups excluding carboxylic acids is 1. The maximum Gasteiger partial charge on any atom is 0.253 e. The Morgan fingerprint density at radius 2 is 2.00 bits per heavy atom. The van der Waals surface area contributed by atoms with Crippen molar-refractivity contribution in [1.82, 2.24) is 5.32 Å². The van der Waals surface area contributed by atoms with Crippen molar-refractivity contribution in [3.63, 3.8) is 0 Å². The second kappa shape index (κ2) is 6.67. The van der Waals surface area contributed by atoms with Crippen LogP contribution in [0, 0.1) is 0 Å². The lowest BCUT2D eigenvalue weighted by atomic mass is 10.0. The molecule has 0 bridgehead atoms. The van der Waals surface area contributed by atoms with Crippen molar-refractivity contribution in [3.8, 4) is 11.5 Å². The van der Waals surface area contributed by atoms with Crippen LogP contribution in [0.3, 0.4) is 0 Å². The first-order valence-corrected chi connectivity index (χ1v) is 6.99. The summed E-state index contributed by atoms with van der Waals surface area (Å²) in [5.74, 6) is 0.788. The second-order valence-corrected chi connectivity index (χ2v) is 5.17. The maximum atomic E-state index is 12.4. The summed E-state index contributed by atoms with van der Waals surface area (Å²) in [4.78, 5) is 12.4. The van der Waals surface area contributed by atoms with E-state index in [-0.39, 0.29) is 18.1 Å². The van der Waals surface area contributed by atoms with Crippen LogP contribution >= 0.6 is 0 Å². The molecule has 2 atom stereocenters. The third-order valence-corrected chi connectivity index (χ3v) is 3.62. The van der Waals surface area contributed by atoms with Crippen molar-refractivity contribution in [2.45, 2.75) is 31.9 Å². The third kappa shape index (κ3) is 3.58. The molecule has 0 aliphatic carbocycles. The summed E-state index contributed by atoms with van der Waals surface area (Å²) in [5.41, 5.74) is 6.69. The zero-order chi connectivity index (χ0) is 15.4. The molecule has 0 saturated carbocycles. The van der Waals surface area contributed by atoms with E-state index in [1.54, 1.807) is 12.1 Å². The lowest BCUT2D eigenvalue weighted by molar-refractivity contribution is 0.0137. The van der Waals surface area contributed by atoms with Crippen molar-refractivity contribution in [2.75, 3.05) is 26.6 Å². The number of amides is 1. The van der Waals surface area contributed by atoms with E-state index in [0.29, 0.717) is 29.4 Å². The van der Waals surface area contributed by atoms with Gasteiger partial charge in [0.2, 0.25) is 0 Å². The van der Waals surface area contributed by atoms with Crippen molar-refractivity contribution in [3.05, 3.63) is 17.7 Å². The Bertz CT molecular complexity index is 519. The van der Waals surface area contributed by atoms with Gasteiger partial charge < -0.3 is 25.3 Å². The number of ether oxygens (including phenoxy) is 3. The van der Waals surface area contributed by atoms with E-state index in [9.17, 15) is 4.79 Å². The summed E-state index contributed by atoms with van der Waals surface area (Å²) in [6.45, 7) is 2.66. The van der Waals surface area contributed by atoms with E-state index in [0.717, 1.165) is 12.8 Å². The van der Waals surface area contributed by atoms with Gasteiger partial charge in [-0.15, -0.1) is 0 Å². The molecule has 6 heteroatoms. The van der Waals surface area contributed by atoms with Gasteiger partial charge in [-0.3, -0.25) is 4.79 Å². The van der Waals surface area contributed by atoms with E-state index >= 15 is 0 Å². The predicted octanol–water partition coefficient (Wildman–Crippen LogP) is 1.58. The first kappa shape index (κ1) is 15.4. The van der Waals surface area contributed by atoms with Crippen LogP contribution in [0.2, 0.25) is 0 Å². The molecule has 1 aromatic rings. The molecular weight excluding hydrogens is 272 g/mol. The number of benzene rings is 1. The minimum Gasteiger partial charge on any atom is -0.493 e. The molecule has 1 aliphatic rings. The van der Waals surface area contributed by atoms with Crippen LogP contribution in [0.15, 0.2) is 12.1 Å². The summed E-state index contributed by atoms with van der Waals surface area (Å²) >= 11 is 0. The molecule has 3 N–H and O–H groups in total. The predicted molar refractivity (Wildman–Crippen MR) is 79.9 cm³/mol. The number of rotatable bonds is 4. The topological polar surface area (TPSA) is 82.8 Å². The molecular formula is C15H22N2O4. The zero-order valence-electron chi connectivity index (χ0n) is 12.6. The summed E-state index contributed by atoms with van der Waals surface area (Å²) in [6, 6.07) is 3.31. The van der Waals surface area contributed by atoms with Gasteiger partial charge in [-0.2, -0.15) is 0 Å². The molecule has 1 heterocycles. The van der Waals surface area contributed by atoms with Crippen molar-refractivity contribution in [2.24, 2.45) is 0 Å².